The Kier molecular flexibility index (Phi) is 5.03. The van der Waals surface area contributed by atoms with Gasteiger partial charge >= 0.3 is 0 Å². The highest BCUT2D eigenvalue weighted by molar-refractivity contribution is 9.10. The van der Waals surface area contributed by atoms with Gasteiger partial charge in [-0.25, -0.2) is 0 Å². The zero-order chi connectivity index (χ0) is 16.2. The van der Waals surface area contributed by atoms with E-state index in [1.807, 2.05) is 37.3 Å². The summed E-state index contributed by atoms with van der Waals surface area (Å²) in [5.41, 5.74) is 2.29. The summed E-state index contributed by atoms with van der Waals surface area (Å²) in [6, 6.07) is 14.0. The SMILES string of the molecule is C=C(C)CSc1nnc(-c2ccc(Br)o2)n1Cc1ccccc1. The van der Waals surface area contributed by atoms with Crippen LogP contribution in [0.1, 0.15) is 12.5 Å². The molecule has 0 aliphatic rings. The van der Waals surface area contributed by atoms with E-state index in [9.17, 15) is 0 Å². The Hall–Kier alpha value is -1.79. The average Bonchev–Trinajstić information content (AvgIpc) is 3.12. The molecule has 0 radical (unpaired) electrons. The van der Waals surface area contributed by atoms with Gasteiger partial charge in [-0.1, -0.05) is 54.2 Å². The maximum Gasteiger partial charge on any atom is 0.200 e. The van der Waals surface area contributed by atoms with Crippen molar-refractivity contribution in [2.75, 3.05) is 5.75 Å². The first kappa shape index (κ1) is 16.1. The van der Waals surface area contributed by atoms with Gasteiger partial charge in [0.15, 0.2) is 15.6 Å². The summed E-state index contributed by atoms with van der Waals surface area (Å²) in [6.45, 7) is 6.65. The summed E-state index contributed by atoms with van der Waals surface area (Å²) in [5.74, 6) is 2.24. The largest absolute Gasteiger partial charge is 0.446 e. The van der Waals surface area contributed by atoms with E-state index in [2.05, 4.69) is 49.4 Å². The van der Waals surface area contributed by atoms with Crippen LogP contribution in [0.4, 0.5) is 0 Å². The van der Waals surface area contributed by atoms with Gasteiger partial charge in [0.2, 0.25) is 5.82 Å². The normalized spacial score (nSPS) is 10.9. The number of rotatable bonds is 6. The number of nitrogens with zero attached hydrogens (tertiary/aromatic N) is 3. The van der Waals surface area contributed by atoms with Gasteiger partial charge < -0.3 is 4.42 Å². The summed E-state index contributed by atoms with van der Waals surface area (Å²) in [6.07, 6.45) is 0. The molecule has 0 spiro atoms. The Morgan fingerprint density at radius 2 is 2.00 bits per heavy atom. The van der Waals surface area contributed by atoms with E-state index in [0.717, 1.165) is 22.3 Å². The predicted octanol–water partition coefficient (Wildman–Crippen LogP) is 5.02. The molecule has 0 N–H and O–H groups in total. The summed E-state index contributed by atoms with van der Waals surface area (Å²) < 4.78 is 8.41. The van der Waals surface area contributed by atoms with Gasteiger partial charge in [0.05, 0.1) is 6.54 Å². The molecular formula is C17H16BrN3OS. The Balaban J connectivity index is 1.97. The Morgan fingerprint density at radius 1 is 1.22 bits per heavy atom. The van der Waals surface area contributed by atoms with Crippen molar-refractivity contribution in [2.24, 2.45) is 0 Å². The third-order valence-electron chi connectivity index (χ3n) is 3.14. The van der Waals surface area contributed by atoms with Gasteiger partial charge in [-0.2, -0.15) is 0 Å². The zero-order valence-electron chi connectivity index (χ0n) is 12.7. The number of hydrogen-bond donors (Lipinski definition) is 0. The van der Waals surface area contributed by atoms with E-state index >= 15 is 0 Å². The third kappa shape index (κ3) is 3.95. The quantitative estimate of drug-likeness (QED) is 0.438. The lowest BCUT2D eigenvalue weighted by atomic mass is 10.2. The maximum atomic E-state index is 5.65. The van der Waals surface area contributed by atoms with E-state index in [4.69, 9.17) is 4.42 Å². The molecule has 0 bridgehead atoms. The number of halogens is 1. The van der Waals surface area contributed by atoms with Gasteiger partial charge in [-0.3, -0.25) is 4.57 Å². The van der Waals surface area contributed by atoms with Crippen LogP contribution in [0.25, 0.3) is 11.6 Å². The molecule has 118 valence electrons. The van der Waals surface area contributed by atoms with Crippen LogP contribution < -0.4 is 0 Å². The maximum absolute atomic E-state index is 5.65. The number of hydrogen-bond acceptors (Lipinski definition) is 4. The van der Waals surface area contributed by atoms with Crippen LogP contribution in [-0.2, 0) is 6.54 Å². The van der Waals surface area contributed by atoms with E-state index in [1.165, 1.54) is 5.56 Å². The monoisotopic (exact) mass is 389 g/mol. The molecule has 4 nitrogen and oxygen atoms in total. The standard InChI is InChI=1S/C17H16BrN3OS/c1-12(2)11-23-17-20-19-16(14-8-9-15(18)22-14)21(17)10-13-6-4-3-5-7-13/h3-9H,1,10-11H2,2H3. The topological polar surface area (TPSA) is 43.9 Å². The predicted molar refractivity (Wildman–Crippen MR) is 96.5 cm³/mol. The third-order valence-corrected chi connectivity index (χ3v) is 4.77. The highest BCUT2D eigenvalue weighted by Gasteiger charge is 2.17. The van der Waals surface area contributed by atoms with Crippen LogP contribution in [0, 0.1) is 0 Å². The number of thioether (sulfide) groups is 1. The van der Waals surface area contributed by atoms with Crippen LogP contribution in [0.2, 0.25) is 0 Å². The van der Waals surface area contributed by atoms with Crippen LogP contribution in [0.15, 0.2) is 68.9 Å². The summed E-state index contributed by atoms with van der Waals surface area (Å²) in [4.78, 5) is 0. The van der Waals surface area contributed by atoms with Gasteiger partial charge in [0.1, 0.15) is 0 Å². The first-order chi connectivity index (χ1) is 11.1. The number of furan rings is 1. The van der Waals surface area contributed by atoms with Crippen LogP contribution in [0.5, 0.6) is 0 Å². The minimum absolute atomic E-state index is 0.679. The minimum Gasteiger partial charge on any atom is -0.446 e. The molecule has 0 saturated heterocycles. The van der Waals surface area contributed by atoms with E-state index < -0.39 is 0 Å². The van der Waals surface area contributed by atoms with E-state index in [0.29, 0.717) is 17.0 Å². The first-order valence-electron chi connectivity index (χ1n) is 7.13. The highest BCUT2D eigenvalue weighted by Crippen LogP contribution is 2.28. The Labute approximate surface area is 147 Å². The number of aromatic nitrogens is 3. The second-order valence-corrected chi connectivity index (χ2v) is 6.95. The van der Waals surface area contributed by atoms with Gasteiger partial charge in [0.25, 0.3) is 0 Å². The van der Waals surface area contributed by atoms with E-state index in [-0.39, 0.29) is 0 Å². The molecule has 3 aromatic rings. The van der Waals surface area contributed by atoms with Crippen LogP contribution in [0.3, 0.4) is 0 Å². The first-order valence-corrected chi connectivity index (χ1v) is 8.91. The highest BCUT2D eigenvalue weighted by atomic mass is 79.9. The lowest BCUT2D eigenvalue weighted by molar-refractivity contribution is 0.545. The molecule has 0 fully saturated rings. The molecule has 0 aliphatic heterocycles. The van der Waals surface area contributed by atoms with Crippen molar-refractivity contribution < 1.29 is 4.42 Å². The Morgan fingerprint density at radius 3 is 2.65 bits per heavy atom. The fourth-order valence-corrected chi connectivity index (χ4v) is 3.20. The second-order valence-electron chi connectivity index (χ2n) is 5.23. The molecule has 23 heavy (non-hydrogen) atoms. The van der Waals surface area contributed by atoms with Crippen molar-refractivity contribution in [3.8, 4) is 11.6 Å². The Bertz CT molecular complexity index is 810. The summed E-state index contributed by atoms with van der Waals surface area (Å²) in [5, 5.41) is 9.51. The lowest BCUT2D eigenvalue weighted by Gasteiger charge is -2.09. The van der Waals surface area contributed by atoms with Crippen LogP contribution >= 0.6 is 27.7 Å². The fraction of sp³-hybridized carbons (Fsp3) is 0.176. The van der Waals surface area contributed by atoms with Gasteiger partial charge in [-0.15, -0.1) is 10.2 Å². The lowest BCUT2D eigenvalue weighted by Crippen LogP contribution is -2.04. The van der Waals surface area contributed by atoms with Gasteiger partial charge in [0, 0.05) is 5.75 Å². The summed E-state index contributed by atoms with van der Waals surface area (Å²) >= 11 is 4.97. The molecule has 3 rings (SSSR count). The van der Waals surface area contributed by atoms with Crippen molar-refractivity contribution in [1.29, 1.82) is 0 Å². The molecule has 2 aromatic heterocycles. The average molecular weight is 390 g/mol. The molecule has 1 aromatic carbocycles. The van der Waals surface area contributed by atoms with Gasteiger partial charge in [-0.05, 0) is 40.5 Å². The van der Waals surface area contributed by atoms with Crippen LogP contribution in [-0.4, -0.2) is 20.5 Å². The molecule has 0 amide bonds. The van der Waals surface area contributed by atoms with Crippen molar-refractivity contribution in [1.82, 2.24) is 14.8 Å². The second kappa shape index (κ2) is 7.19. The zero-order valence-corrected chi connectivity index (χ0v) is 15.1. The fourth-order valence-electron chi connectivity index (χ4n) is 2.11. The molecule has 0 atom stereocenters. The smallest absolute Gasteiger partial charge is 0.200 e. The van der Waals surface area contributed by atoms with Crippen molar-refractivity contribution >= 4 is 27.7 Å². The van der Waals surface area contributed by atoms with Crippen molar-refractivity contribution in [3.05, 3.63) is 64.8 Å². The molecule has 0 aliphatic carbocycles. The minimum atomic E-state index is 0.679. The molecule has 2 heterocycles. The molecule has 0 unspecified atom stereocenters. The molecular weight excluding hydrogens is 374 g/mol. The number of benzene rings is 1. The summed E-state index contributed by atoms with van der Waals surface area (Å²) in [7, 11) is 0. The van der Waals surface area contributed by atoms with E-state index in [1.54, 1.807) is 11.8 Å². The van der Waals surface area contributed by atoms with Crippen molar-refractivity contribution in [2.45, 2.75) is 18.6 Å². The van der Waals surface area contributed by atoms with Crippen molar-refractivity contribution in [3.63, 3.8) is 0 Å². The molecule has 6 heteroatoms. The molecule has 0 saturated carbocycles.